The molecular weight excluding hydrogens is 284 g/mol. The summed E-state index contributed by atoms with van der Waals surface area (Å²) in [5.74, 6) is 0.798. The fourth-order valence-electron chi connectivity index (χ4n) is 2.81. The third-order valence-electron chi connectivity index (χ3n) is 3.89. The molecule has 2 heterocycles. The Bertz CT molecular complexity index is 621. The van der Waals surface area contributed by atoms with E-state index in [4.69, 9.17) is 11.6 Å². The molecule has 0 atom stereocenters. The van der Waals surface area contributed by atoms with Crippen LogP contribution >= 0.6 is 11.6 Å². The molecule has 112 valence electrons. The molecule has 0 unspecified atom stereocenters. The molecule has 2 aromatic rings. The van der Waals surface area contributed by atoms with Gasteiger partial charge in [-0.3, -0.25) is 4.57 Å². The van der Waals surface area contributed by atoms with Gasteiger partial charge in [0.15, 0.2) is 5.82 Å². The standard InChI is InChI=1S/C16H21ClN4/c1-2-7-18-9-12-8-13(17)16(19-10-12)21-11-20-14-5-3-4-6-15(14)21/h8,10-11,18H,2-7,9H2,1H3. The van der Waals surface area contributed by atoms with Gasteiger partial charge in [-0.15, -0.1) is 0 Å². The quantitative estimate of drug-likeness (QED) is 0.862. The molecule has 4 nitrogen and oxygen atoms in total. The molecule has 0 radical (unpaired) electrons. The highest BCUT2D eigenvalue weighted by molar-refractivity contribution is 6.32. The normalized spacial score (nSPS) is 14.2. The summed E-state index contributed by atoms with van der Waals surface area (Å²) < 4.78 is 2.06. The SMILES string of the molecule is CCCNCc1cnc(-n2cnc3c2CCCC3)c(Cl)c1. The summed E-state index contributed by atoms with van der Waals surface area (Å²) in [5, 5.41) is 4.06. The summed E-state index contributed by atoms with van der Waals surface area (Å²) in [5.41, 5.74) is 3.59. The third kappa shape index (κ3) is 3.11. The molecule has 0 aliphatic heterocycles. The van der Waals surface area contributed by atoms with E-state index in [1.54, 1.807) is 0 Å². The minimum atomic E-state index is 0.691. The van der Waals surface area contributed by atoms with E-state index in [1.807, 2.05) is 18.6 Å². The van der Waals surface area contributed by atoms with E-state index in [2.05, 4.69) is 26.8 Å². The van der Waals surface area contributed by atoms with Crippen LogP contribution in [0.3, 0.4) is 0 Å². The summed E-state index contributed by atoms with van der Waals surface area (Å²) in [7, 11) is 0. The number of hydrogen-bond donors (Lipinski definition) is 1. The molecule has 1 aliphatic carbocycles. The number of hydrogen-bond acceptors (Lipinski definition) is 3. The summed E-state index contributed by atoms with van der Waals surface area (Å²) in [6.07, 6.45) is 9.47. The van der Waals surface area contributed by atoms with Crippen LogP contribution < -0.4 is 5.32 Å². The van der Waals surface area contributed by atoms with Crippen LogP contribution in [0, 0.1) is 0 Å². The van der Waals surface area contributed by atoms with Crippen LogP contribution in [-0.2, 0) is 19.4 Å². The van der Waals surface area contributed by atoms with Crippen molar-refractivity contribution >= 4 is 11.6 Å². The van der Waals surface area contributed by atoms with Gasteiger partial charge < -0.3 is 5.32 Å². The number of halogens is 1. The average Bonchev–Trinajstić information content (AvgIpc) is 2.92. The Morgan fingerprint density at radius 3 is 2.95 bits per heavy atom. The Morgan fingerprint density at radius 2 is 2.14 bits per heavy atom. The van der Waals surface area contributed by atoms with Gasteiger partial charge in [-0.05, 0) is 50.3 Å². The Balaban J connectivity index is 1.84. The zero-order valence-electron chi connectivity index (χ0n) is 12.4. The van der Waals surface area contributed by atoms with E-state index in [1.165, 1.54) is 24.2 Å². The van der Waals surface area contributed by atoms with E-state index in [9.17, 15) is 0 Å². The average molecular weight is 305 g/mol. The molecule has 0 amide bonds. The Morgan fingerprint density at radius 1 is 1.29 bits per heavy atom. The lowest BCUT2D eigenvalue weighted by Gasteiger charge is -2.14. The van der Waals surface area contributed by atoms with Gasteiger partial charge in [-0.2, -0.15) is 0 Å². The molecule has 0 aromatic carbocycles. The van der Waals surface area contributed by atoms with Crippen LogP contribution in [-0.4, -0.2) is 21.1 Å². The monoisotopic (exact) mass is 304 g/mol. The number of nitrogens with one attached hydrogen (secondary N) is 1. The number of imidazole rings is 1. The van der Waals surface area contributed by atoms with Crippen molar-refractivity contribution in [1.82, 2.24) is 19.9 Å². The first kappa shape index (κ1) is 14.5. The van der Waals surface area contributed by atoms with Crippen molar-refractivity contribution < 1.29 is 0 Å². The molecule has 0 saturated heterocycles. The largest absolute Gasteiger partial charge is 0.313 e. The lowest BCUT2D eigenvalue weighted by molar-refractivity contribution is 0.653. The lowest BCUT2D eigenvalue weighted by atomic mass is 10.0. The van der Waals surface area contributed by atoms with Crippen LogP contribution in [0.1, 0.15) is 43.1 Å². The van der Waals surface area contributed by atoms with Gasteiger partial charge >= 0.3 is 0 Å². The Hall–Kier alpha value is -1.39. The van der Waals surface area contributed by atoms with Crippen molar-refractivity contribution in [3.05, 3.63) is 40.6 Å². The highest BCUT2D eigenvalue weighted by Gasteiger charge is 2.18. The zero-order valence-corrected chi connectivity index (χ0v) is 13.2. The van der Waals surface area contributed by atoms with Gasteiger partial charge in [-0.1, -0.05) is 18.5 Å². The number of aromatic nitrogens is 3. The summed E-state index contributed by atoms with van der Waals surface area (Å²) in [6.45, 7) is 3.97. The fourth-order valence-corrected chi connectivity index (χ4v) is 3.09. The van der Waals surface area contributed by atoms with E-state index in [0.717, 1.165) is 43.7 Å². The molecule has 5 heteroatoms. The second-order valence-corrected chi connectivity index (χ2v) is 5.95. The van der Waals surface area contributed by atoms with Crippen LogP contribution in [0.5, 0.6) is 0 Å². The molecule has 0 saturated carbocycles. The van der Waals surface area contributed by atoms with Crippen LogP contribution in [0.4, 0.5) is 0 Å². The van der Waals surface area contributed by atoms with Gasteiger partial charge in [0.1, 0.15) is 6.33 Å². The molecule has 1 aliphatic rings. The van der Waals surface area contributed by atoms with Crippen molar-refractivity contribution in [2.75, 3.05) is 6.54 Å². The van der Waals surface area contributed by atoms with Gasteiger partial charge in [-0.25, -0.2) is 9.97 Å². The molecule has 21 heavy (non-hydrogen) atoms. The van der Waals surface area contributed by atoms with Crippen LogP contribution in [0.25, 0.3) is 5.82 Å². The molecule has 0 fully saturated rings. The first-order valence-corrected chi connectivity index (χ1v) is 8.08. The minimum absolute atomic E-state index is 0.691. The summed E-state index contributed by atoms with van der Waals surface area (Å²) in [4.78, 5) is 9.07. The Kier molecular flexibility index (Phi) is 4.56. The van der Waals surface area contributed by atoms with Gasteiger partial charge in [0.25, 0.3) is 0 Å². The van der Waals surface area contributed by atoms with Crippen molar-refractivity contribution in [1.29, 1.82) is 0 Å². The van der Waals surface area contributed by atoms with E-state index < -0.39 is 0 Å². The number of aryl methyl sites for hydroxylation is 1. The first-order valence-electron chi connectivity index (χ1n) is 7.70. The number of nitrogens with zero attached hydrogens (tertiary/aromatic N) is 3. The van der Waals surface area contributed by atoms with E-state index in [-0.39, 0.29) is 0 Å². The van der Waals surface area contributed by atoms with Crippen molar-refractivity contribution in [2.45, 2.75) is 45.6 Å². The maximum Gasteiger partial charge on any atom is 0.156 e. The number of rotatable bonds is 5. The van der Waals surface area contributed by atoms with Crippen LogP contribution in [0.15, 0.2) is 18.6 Å². The predicted octanol–water partition coefficient (Wildman–Crippen LogP) is 3.30. The molecular formula is C16H21ClN4. The predicted molar refractivity (Wildman–Crippen MR) is 85.0 cm³/mol. The van der Waals surface area contributed by atoms with E-state index >= 15 is 0 Å². The first-order chi connectivity index (χ1) is 10.3. The maximum atomic E-state index is 6.44. The maximum absolute atomic E-state index is 6.44. The fraction of sp³-hybridized carbons (Fsp3) is 0.500. The summed E-state index contributed by atoms with van der Waals surface area (Å²) >= 11 is 6.44. The smallest absolute Gasteiger partial charge is 0.156 e. The Labute approximate surface area is 130 Å². The second-order valence-electron chi connectivity index (χ2n) is 5.54. The lowest BCUT2D eigenvalue weighted by Crippen LogP contribution is -2.14. The summed E-state index contributed by atoms with van der Waals surface area (Å²) in [6, 6.07) is 2.00. The number of pyridine rings is 1. The molecule has 2 aromatic heterocycles. The zero-order chi connectivity index (χ0) is 14.7. The van der Waals surface area contributed by atoms with Gasteiger partial charge in [0.2, 0.25) is 0 Å². The van der Waals surface area contributed by atoms with Crippen molar-refractivity contribution in [3.8, 4) is 5.82 Å². The molecule has 3 rings (SSSR count). The topological polar surface area (TPSA) is 42.7 Å². The van der Waals surface area contributed by atoms with E-state index in [0.29, 0.717) is 5.02 Å². The van der Waals surface area contributed by atoms with Gasteiger partial charge in [0, 0.05) is 18.4 Å². The molecule has 0 spiro atoms. The van der Waals surface area contributed by atoms with Gasteiger partial charge in [0.05, 0.1) is 10.7 Å². The van der Waals surface area contributed by atoms with Crippen molar-refractivity contribution in [3.63, 3.8) is 0 Å². The highest BCUT2D eigenvalue weighted by atomic mass is 35.5. The third-order valence-corrected chi connectivity index (χ3v) is 4.17. The second kappa shape index (κ2) is 6.58. The highest BCUT2D eigenvalue weighted by Crippen LogP contribution is 2.26. The minimum Gasteiger partial charge on any atom is -0.313 e. The van der Waals surface area contributed by atoms with Crippen LogP contribution in [0.2, 0.25) is 5.02 Å². The molecule has 1 N–H and O–H groups in total. The molecule has 0 bridgehead atoms. The van der Waals surface area contributed by atoms with Crippen molar-refractivity contribution in [2.24, 2.45) is 0 Å². The number of fused-ring (bicyclic) bond motifs is 1.